The van der Waals surface area contributed by atoms with Gasteiger partial charge in [0.2, 0.25) is 0 Å². The second-order valence-electron chi connectivity index (χ2n) is 6.22. The van der Waals surface area contributed by atoms with E-state index in [0.717, 1.165) is 15.6 Å². The first-order valence-electron chi connectivity index (χ1n) is 8.99. The van der Waals surface area contributed by atoms with E-state index >= 15 is 0 Å². The minimum Gasteiger partial charge on any atom is -0.493 e. The molecule has 3 aromatic carbocycles. The van der Waals surface area contributed by atoms with Crippen LogP contribution in [0.15, 0.2) is 70.3 Å². The lowest BCUT2D eigenvalue weighted by Gasteiger charge is -2.13. The summed E-state index contributed by atoms with van der Waals surface area (Å²) in [5, 5.41) is 13.1. The maximum atomic E-state index is 13.3. The van der Waals surface area contributed by atoms with Crippen LogP contribution < -0.4 is 9.47 Å². The molecule has 0 aliphatic heterocycles. The van der Waals surface area contributed by atoms with Crippen LogP contribution in [0.25, 0.3) is 0 Å². The van der Waals surface area contributed by atoms with Crippen LogP contribution in [0.5, 0.6) is 11.5 Å². The quantitative estimate of drug-likeness (QED) is 0.318. The molecule has 0 amide bonds. The molecule has 0 fully saturated rings. The average molecular weight is 469 g/mol. The Morgan fingerprint density at radius 2 is 1.90 bits per heavy atom. The zero-order chi connectivity index (χ0) is 21.3. The van der Waals surface area contributed by atoms with Crippen molar-refractivity contribution in [3.63, 3.8) is 0 Å². The Kier molecular flexibility index (Phi) is 7.41. The Morgan fingerprint density at radius 3 is 2.67 bits per heavy atom. The number of hydrogen-bond acceptors (Lipinski definition) is 5. The van der Waals surface area contributed by atoms with E-state index in [1.807, 2.05) is 12.1 Å². The van der Waals surface area contributed by atoms with Gasteiger partial charge >= 0.3 is 0 Å². The maximum Gasteiger partial charge on any atom is 0.162 e. The normalized spacial score (nSPS) is 10.6. The van der Waals surface area contributed by atoms with E-state index in [2.05, 4.69) is 27.2 Å². The zero-order valence-corrected chi connectivity index (χ0v) is 17.7. The van der Waals surface area contributed by atoms with Gasteiger partial charge in [0.05, 0.1) is 25.0 Å². The molecule has 0 bridgehead atoms. The molecule has 152 valence electrons. The standard InChI is InChI=1S/C23H18BrFN2O3/c1-28-22-10-19(13-27-30-15-18-7-3-2-6-17(18)12-26)21(24)11-23(22)29-14-16-5-4-8-20(25)9-16/h2-11,13H,14-15H2,1H3/b27-13-. The summed E-state index contributed by atoms with van der Waals surface area (Å²) in [6, 6.07) is 19.0. The highest BCUT2D eigenvalue weighted by Crippen LogP contribution is 2.33. The molecule has 0 aromatic heterocycles. The van der Waals surface area contributed by atoms with E-state index in [1.165, 1.54) is 25.5 Å². The summed E-state index contributed by atoms with van der Waals surface area (Å²) in [4.78, 5) is 5.33. The van der Waals surface area contributed by atoms with Gasteiger partial charge in [-0.05, 0) is 51.8 Å². The number of halogens is 2. The molecule has 30 heavy (non-hydrogen) atoms. The van der Waals surface area contributed by atoms with Gasteiger partial charge in [0.15, 0.2) is 11.5 Å². The fourth-order valence-electron chi connectivity index (χ4n) is 2.67. The first kappa shape index (κ1) is 21.3. The van der Waals surface area contributed by atoms with Gasteiger partial charge in [-0.2, -0.15) is 5.26 Å². The maximum absolute atomic E-state index is 13.3. The van der Waals surface area contributed by atoms with Gasteiger partial charge in [-0.15, -0.1) is 0 Å². The van der Waals surface area contributed by atoms with E-state index in [4.69, 9.17) is 19.6 Å². The van der Waals surface area contributed by atoms with Gasteiger partial charge < -0.3 is 14.3 Å². The molecule has 0 N–H and O–H groups in total. The van der Waals surface area contributed by atoms with Crippen LogP contribution >= 0.6 is 15.9 Å². The fraction of sp³-hybridized carbons (Fsp3) is 0.130. The molecule has 0 aliphatic carbocycles. The SMILES string of the molecule is COc1cc(/C=N\OCc2ccccc2C#N)c(Br)cc1OCc1cccc(F)c1. The molecule has 0 heterocycles. The third-order valence-electron chi connectivity index (χ3n) is 4.19. The van der Waals surface area contributed by atoms with Crippen molar-refractivity contribution in [3.05, 3.63) is 93.2 Å². The van der Waals surface area contributed by atoms with Gasteiger partial charge in [0.1, 0.15) is 19.0 Å². The molecule has 0 aliphatic rings. The van der Waals surface area contributed by atoms with Crippen LogP contribution in [0.2, 0.25) is 0 Å². The van der Waals surface area contributed by atoms with Crippen molar-refractivity contribution in [2.45, 2.75) is 13.2 Å². The van der Waals surface area contributed by atoms with Crippen LogP contribution in [0.1, 0.15) is 22.3 Å². The Morgan fingerprint density at radius 1 is 1.07 bits per heavy atom. The van der Waals surface area contributed by atoms with E-state index in [1.54, 1.807) is 36.4 Å². The molecule has 0 unspecified atom stereocenters. The second-order valence-corrected chi connectivity index (χ2v) is 7.07. The fourth-order valence-corrected chi connectivity index (χ4v) is 3.09. The number of nitrogens with zero attached hydrogens (tertiary/aromatic N) is 2. The van der Waals surface area contributed by atoms with Crippen molar-refractivity contribution in [3.8, 4) is 17.6 Å². The summed E-state index contributed by atoms with van der Waals surface area (Å²) in [6.45, 7) is 0.388. The highest BCUT2D eigenvalue weighted by molar-refractivity contribution is 9.10. The lowest BCUT2D eigenvalue weighted by molar-refractivity contribution is 0.132. The second kappa shape index (κ2) is 10.4. The number of rotatable bonds is 8. The van der Waals surface area contributed by atoms with Gasteiger partial charge in [-0.3, -0.25) is 0 Å². The van der Waals surface area contributed by atoms with E-state index < -0.39 is 0 Å². The van der Waals surface area contributed by atoms with Gasteiger partial charge in [-0.1, -0.05) is 35.5 Å². The number of hydrogen-bond donors (Lipinski definition) is 0. The Hall–Kier alpha value is -3.37. The molecule has 0 spiro atoms. The third kappa shape index (κ3) is 5.58. The van der Waals surface area contributed by atoms with Crippen molar-refractivity contribution in [1.29, 1.82) is 5.26 Å². The van der Waals surface area contributed by atoms with Crippen LogP contribution in [-0.4, -0.2) is 13.3 Å². The first-order chi connectivity index (χ1) is 14.6. The summed E-state index contributed by atoms with van der Waals surface area (Å²) in [5.74, 6) is 0.703. The number of oxime groups is 1. The van der Waals surface area contributed by atoms with Gasteiger partial charge in [0.25, 0.3) is 0 Å². The Balaban J connectivity index is 1.67. The van der Waals surface area contributed by atoms with Crippen molar-refractivity contribution in [1.82, 2.24) is 0 Å². The molecule has 0 radical (unpaired) electrons. The van der Waals surface area contributed by atoms with Crippen LogP contribution in [0.3, 0.4) is 0 Å². The summed E-state index contributed by atoms with van der Waals surface area (Å²) >= 11 is 3.48. The Labute approximate surface area is 182 Å². The minimum atomic E-state index is -0.312. The lowest BCUT2D eigenvalue weighted by atomic mass is 10.1. The topological polar surface area (TPSA) is 63.8 Å². The molecule has 0 atom stereocenters. The van der Waals surface area contributed by atoms with Gasteiger partial charge in [0, 0.05) is 15.6 Å². The predicted octanol–water partition coefficient (Wildman–Crippen LogP) is 5.60. The van der Waals surface area contributed by atoms with Crippen molar-refractivity contribution in [2.75, 3.05) is 7.11 Å². The van der Waals surface area contributed by atoms with Crippen LogP contribution in [-0.2, 0) is 18.1 Å². The molecule has 0 saturated heterocycles. The van der Waals surface area contributed by atoms with Crippen LogP contribution in [0.4, 0.5) is 4.39 Å². The third-order valence-corrected chi connectivity index (χ3v) is 4.88. The zero-order valence-electron chi connectivity index (χ0n) is 16.1. The van der Waals surface area contributed by atoms with Crippen molar-refractivity contribution in [2.24, 2.45) is 5.16 Å². The number of benzene rings is 3. The summed E-state index contributed by atoms with van der Waals surface area (Å²) in [7, 11) is 1.54. The highest BCUT2D eigenvalue weighted by atomic mass is 79.9. The highest BCUT2D eigenvalue weighted by Gasteiger charge is 2.10. The molecule has 0 saturated carbocycles. The molecule has 3 aromatic rings. The number of methoxy groups -OCH3 is 1. The Bertz CT molecular complexity index is 1100. The van der Waals surface area contributed by atoms with Crippen LogP contribution in [0, 0.1) is 17.1 Å². The number of ether oxygens (including phenoxy) is 2. The molecular weight excluding hydrogens is 451 g/mol. The molecular formula is C23H18BrFN2O3. The van der Waals surface area contributed by atoms with Gasteiger partial charge in [-0.25, -0.2) is 4.39 Å². The summed E-state index contributed by atoms with van der Waals surface area (Å²) in [5.41, 5.74) is 2.74. The predicted molar refractivity (Wildman–Crippen MR) is 115 cm³/mol. The first-order valence-corrected chi connectivity index (χ1v) is 9.78. The monoisotopic (exact) mass is 468 g/mol. The molecule has 5 nitrogen and oxygen atoms in total. The van der Waals surface area contributed by atoms with E-state index in [9.17, 15) is 4.39 Å². The van der Waals surface area contributed by atoms with Crippen molar-refractivity contribution < 1.29 is 18.7 Å². The molecule has 7 heteroatoms. The minimum absolute atomic E-state index is 0.184. The summed E-state index contributed by atoms with van der Waals surface area (Å²) < 4.78 is 25.2. The van der Waals surface area contributed by atoms with E-state index in [-0.39, 0.29) is 19.0 Å². The summed E-state index contributed by atoms with van der Waals surface area (Å²) in [6.07, 6.45) is 1.54. The lowest BCUT2D eigenvalue weighted by Crippen LogP contribution is -1.99. The van der Waals surface area contributed by atoms with Crippen molar-refractivity contribution >= 4 is 22.1 Å². The smallest absolute Gasteiger partial charge is 0.162 e. The van der Waals surface area contributed by atoms with E-state index in [0.29, 0.717) is 22.6 Å². The molecule has 3 rings (SSSR count). The number of nitriles is 1. The largest absolute Gasteiger partial charge is 0.493 e. The average Bonchev–Trinajstić information content (AvgIpc) is 2.76.